The number of benzene rings is 2. The molecule has 0 aliphatic carbocycles. The van der Waals surface area contributed by atoms with Gasteiger partial charge in [-0.2, -0.15) is 0 Å². The molecule has 0 aliphatic heterocycles. The Bertz CT molecular complexity index is 1110. The smallest absolute Gasteiger partial charge is 0.278 e. The van der Waals surface area contributed by atoms with E-state index in [2.05, 4.69) is 20.6 Å². The zero-order valence-corrected chi connectivity index (χ0v) is 12.6. The van der Waals surface area contributed by atoms with Gasteiger partial charge in [0.25, 0.3) is 5.56 Å². The van der Waals surface area contributed by atoms with Crippen molar-refractivity contribution in [3.8, 4) is 0 Å². The number of rotatable bonds is 3. The Morgan fingerprint density at radius 1 is 1.17 bits per heavy atom. The van der Waals surface area contributed by atoms with Crippen molar-refractivity contribution < 1.29 is 4.79 Å². The molecule has 2 heterocycles. The second-order valence-corrected chi connectivity index (χ2v) is 5.40. The van der Waals surface area contributed by atoms with Gasteiger partial charge in [-0.1, -0.05) is 23.4 Å². The summed E-state index contributed by atoms with van der Waals surface area (Å²) in [5.74, 6) is -0.340. The SMILES string of the molecule is O=C(Cn1nnc2ccccc2c1=O)Nc1ccc2cc[nH]c2c1. The van der Waals surface area contributed by atoms with E-state index >= 15 is 0 Å². The number of nitrogens with zero attached hydrogens (tertiary/aromatic N) is 3. The summed E-state index contributed by atoms with van der Waals surface area (Å²) >= 11 is 0. The highest BCUT2D eigenvalue weighted by atomic mass is 16.2. The van der Waals surface area contributed by atoms with Crippen LogP contribution < -0.4 is 10.9 Å². The summed E-state index contributed by atoms with van der Waals surface area (Å²) in [4.78, 5) is 27.6. The van der Waals surface area contributed by atoms with Crippen LogP contribution in [-0.2, 0) is 11.3 Å². The Kier molecular flexibility index (Phi) is 3.31. The summed E-state index contributed by atoms with van der Waals surface area (Å²) in [5, 5.41) is 12.0. The van der Waals surface area contributed by atoms with Gasteiger partial charge in [0.15, 0.2) is 0 Å². The Morgan fingerprint density at radius 3 is 2.96 bits per heavy atom. The molecule has 0 unspecified atom stereocenters. The van der Waals surface area contributed by atoms with Gasteiger partial charge < -0.3 is 10.3 Å². The highest BCUT2D eigenvalue weighted by molar-refractivity contribution is 5.93. The first kappa shape index (κ1) is 14.1. The molecule has 4 rings (SSSR count). The van der Waals surface area contributed by atoms with Crippen LogP contribution >= 0.6 is 0 Å². The average molecular weight is 319 g/mol. The fourth-order valence-electron chi connectivity index (χ4n) is 2.59. The number of nitrogens with one attached hydrogen (secondary N) is 2. The first-order chi connectivity index (χ1) is 11.7. The van der Waals surface area contributed by atoms with E-state index < -0.39 is 0 Å². The number of carbonyl (C=O) groups excluding carboxylic acids is 1. The van der Waals surface area contributed by atoms with E-state index in [4.69, 9.17) is 0 Å². The van der Waals surface area contributed by atoms with E-state index in [0.29, 0.717) is 16.6 Å². The molecule has 7 nitrogen and oxygen atoms in total. The average Bonchev–Trinajstić information content (AvgIpc) is 3.05. The van der Waals surface area contributed by atoms with Gasteiger partial charge in [0.05, 0.1) is 5.39 Å². The molecule has 2 aromatic carbocycles. The lowest BCUT2D eigenvalue weighted by Crippen LogP contribution is -2.30. The van der Waals surface area contributed by atoms with Crippen molar-refractivity contribution in [3.05, 3.63) is 65.1 Å². The largest absolute Gasteiger partial charge is 0.361 e. The van der Waals surface area contributed by atoms with Crippen molar-refractivity contribution in [1.29, 1.82) is 0 Å². The van der Waals surface area contributed by atoms with Crippen LogP contribution in [0.3, 0.4) is 0 Å². The standard InChI is InChI=1S/C17H13N5O2/c23-16(19-12-6-5-11-7-8-18-15(11)9-12)10-22-17(24)13-3-1-2-4-14(13)20-21-22/h1-9,18H,10H2,(H,19,23). The number of hydrogen-bond acceptors (Lipinski definition) is 4. The highest BCUT2D eigenvalue weighted by Gasteiger charge is 2.10. The molecule has 2 N–H and O–H groups in total. The third kappa shape index (κ3) is 2.52. The predicted octanol–water partition coefficient (Wildman–Crippen LogP) is 1.91. The minimum absolute atomic E-state index is 0.195. The van der Waals surface area contributed by atoms with Crippen molar-refractivity contribution in [3.63, 3.8) is 0 Å². The fraction of sp³-hybridized carbons (Fsp3) is 0.0588. The van der Waals surface area contributed by atoms with Crippen LogP contribution in [0.1, 0.15) is 0 Å². The van der Waals surface area contributed by atoms with Crippen molar-refractivity contribution in [2.45, 2.75) is 6.54 Å². The van der Waals surface area contributed by atoms with Gasteiger partial charge in [0, 0.05) is 17.4 Å². The maximum Gasteiger partial charge on any atom is 0.278 e. The van der Waals surface area contributed by atoms with Crippen LogP contribution in [0.2, 0.25) is 0 Å². The Balaban J connectivity index is 1.57. The summed E-state index contributed by atoms with van der Waals surface area (Å²) in [6, 6.07) is 14.4. The van der Waals surface area contributed by atoms with Crippen LogP contribution in [0.15, 0.2) is 59.5 Å². The zero-order chi connectivity index (χ0) is 16.5. The van der Waals surface area contributed by atoms with E-state index in [1.54, 1.807) is 24.3 Å². The number of hydrogen-bond donors (Lipinski definition) is 2. The summed E-state index contributed by atoms with van der Waals surface area (Å²) in [6.07, 6.45) is 1.83. The molecule has 118 valence electrons. The Morgan fingerprint density at radius 2 is 2.04 bits per heavy atom. The van der Waals surface area contributed by atoms with Gasteiger partial charge in [0.1, 0.15) is 12.1 Å². The molecule has 0 atom stereocenters. The molecule has 0 saturated heterocycles. The second kappa shape index (κ2) is 5.62. The van der Waals surface area contributed by atoms with Crippen molar-refractivity contribution in [2.24, 2.45) is 0 Å². The number of carbonyl (C=O) groups is 1. The summed E-state index contributed by atoms with van der Waals surface area (Å²) in [7, 11) is 0. The maximum absolute atomic E-state index is 12.3. The first-order valence-electron chi connectivity index (χ1n) is 7.40. The Hall–Kier alpha value is -3.48. The maximum atomic E-state index is 12.3. The monoisotopic (exact) mass is 319 g/mol. The normalized spacial score (nSPS) is 11.0. The van der Waals surface area contributed by atoms with Crippen molar-refractivity contribution >= 4 is 33.4 Å². The van der Waals surface area contributed by atoms with E-state index in [1.807, 2.05) is 30.5 Å². The second-order valence-electron chi connectivity index (χ2n) is 5.40. The molecule has 0 spiro atoms. The third-order valence-electron chi connectivity index (χ3n) is 3.76. The highest BCUT2D eigenvalue weighted by Crippen LogP contribution is 2.17. The number of amides is 1. The van der Waals surface area contributed by atoms with E-state index in [-0.39, 0.29) is 18.0 Å². The van der Waals surface area contributed by atoms with E-state index in [0.717, 1.165) is 15.6 Å². The molecule has 1 amide bonds. The van der Waals surface area contributed by atoms with Gasteiger partial charge in [-0.05, 0) is 35.7 Å². The quantitative estimate of drug-likeness (QED) is 0.603. The van der Waals surface area contributed by atoms with Gasteiger partial charge in [0.2, 0.25) is 5.91 Å². The minimum Gasteiger partial charge on any atom is -0.361 e. The number of anilines is 1. The molecule has 0 aliphatic rings. The van der Waals surface area contributed by atoms with Gasteiger partial charge in [-0.15, -0.1) is 5.10 Å². The summed E-state index contributed by atoms with van der Waals surface area (Å²) in [6.45, 7) is -0.195. The van der Waals surface area contributed by atoms with Crippen LogP contribution in [0.5, 0.6) is 0 Å². The van der Waals surface area contributed by atoms with Gasteiger partial charge >= 0.3 is 0 Å². The Labute approximate surface area is 135 Å². The van der Waals surface area contributed by atoms with E-state index in [1.165, 1.54) is 0 Å². The molecule has 24 heavy (non-hydrogen) atoms. The topological polar surface area (TPSA) is 92.7 Å². The fourth-order valence-corrected chi connectivity index (χ4v) is 2.59. The van der Waals surface area contributed by atoms with Crippen LogP contribution in [0.4, 0.5) is 5.69 Å². The molecular weight excluding hydrogens is 306 g/mol. The summed E-state index contributed by atoms with van der Waals surface area (Å²) in [5.41, 5.74) is 1.75. The lowest BCUT2D eigenvalue weighted by Gasteiger charge is -2.07. The lowest BCUT2D eigenvalue weighted by atomic mass is 10.2. The zero-order valence-electron chi connectivity index (χ0n) is 12.6. The molecule has 0 bridgehead atoms. The van der Waals surface area contributed by atoms with Crippen molar-refractivity contribution in [1.82, 2.24) is 20.0 Å². The van der Waals surface area contributed by atoms with E-state index in [9.17, 15) is 9.59 Å². The van der Waals surface area contributed by atoms with Crippen LogP contribution in [0.25, 0.3) is 21.8 Å². The molecule has 4 aromatic rings. The van der Waals surface area contributed by atoms with Crippen molar-refractivity contribution in [2.75, 3.05) is 5.32 Å². The molecule has 0 radical (unpaired) electrons. The van der Waals surface area contributed by atoms with Gasteiger partial charge in [-0.3, -0.25) is 9.59 Å². The number of fused-ring (bicyclic) bond motifs is 2. The third-order valence-corrected chi connectivity index (χ3v) is 3.76. The molecular formula is C17H13N5O2. The summed E-state index contributed by atoms with van der Waals surface area (Å²) < 4.78 is 1.06. The predicted molar refractivity (Wildman–Crippen MR) is 90.7 cm³/mol. The number of aromatic nitrogens is 4. The number of aromatic amines is 1. The first-order valence-corrected chi connectivity index (χ1v) is 7.40. The lowest BCUT2D eigenvalue weighted by molar-refractivity contribution is -0.117. The molecule has 7 heteroatoms. The molecule has 0 saturated carbocycles. The molecule has 2 aromatic heterocycles. The minimum atomic E-state index is -0.340. The number of H-pyrrole nitrogens is 1. The van der Waals surface area contributed by atoms with Crippen LogP contribution in [-0.4, -0.2) is 25.9 Å². The van der Waals surface area contributed by atoms with Gasteiger partial charge in [-0.25, -0.2) is 4.68 Å². The van der Waals surface area contributed by atoms with Crippen LogP contribution in [0, 0.1) is 0 Å². The molecule has 0 fully saturated rings.